The summed E-state index contributed by atoms with van der Waals surface area (Å²) in [6.07, 6.45) is 5.28. The van der Waals surface area contributed by atoms with Crippen LogP contribution in [0.4, 0.5) is 4.79 Å². The lowest BCUT2D eigenvalue weighted by atomic mass is 10.3. The van der Waals surface area contributed by atoms with Crippen molar-refractivity contribution in [3.05, 3.63) is 24.0 Å². The third kappa shape index (κ3) is 3.53. The molecule has 20 heavy (non-hydrogen) atoms. The Morgan fingerprint density at radius 3 is 2.70 bits per heavy atom. The summed E-state index contributed by atoms with van der Waals surface area (Å²) in [5.41, 5.74) is 0.641. The van der Waals surface area contributed by atoms with E-state index in [0.717, 1.165) is 4.90 Å². The van der Waals surface area contributed by atoms with Gasteiger partial charge in [-0.3, -0.25) is 4.79 Å². The minimum atomic E-state index is -0.614. The highest BCUT2D eigenvalue weighted by Crippen LogP contribution is 2.08. The Balaban J connectivity index is 1.97. The molecule has 0 N–H and O–H groups in total. The third-order valence-electron chi connectivity index (χ3n) is 2.43. The molecule has 2 amide bonds. The van der Waals surface area contributed by atoms with Crippen LogP contribution in [0.5, 0.6) is 6.01 Å². The largest absolute Gasteiger partial charge is 0.461 e. The molecule has 7 heteroatoms. The van der Waals surface area contributed by atoms with Crippen LogP contribution >= 0.6 is 0 Å². The predicted octanol–water partition coefficient (Wildman–Crippen LogP) is 1.26. The number of cyclic esters (lactones) is 1. The molecule has 0 aromatic carbocycles. The van der Waals surface area contributed by atoms with Crippen LogP contribution in [-0.4, -0.2) is 46.1 Å². The Morgan fingerprint density at radius 2 is 2.15 bits per heavy atom. The Labute approximate surface area is 116 Å². The van der Waals surface area contributed by atoms with Gasteiger partial charge >= 0.3 is 12.1 Å². The van der Waals surface area contributed by atoms with Crippen molar-refractivity contribution in [3.8, 4) is 6.01 Å². The van der Waals surface area contributed by atoms with Crippen LogP contribution in [0.25, 0.3) is 6.08 Å². The average Bonchev–Trinajstić information content (AvgIpc) is 2.83. The quantitative estimate of drug-likeness (QED) is 0.770. The molecule has 0 unspecified atom stereocenters. The maximum atomic E-state index is 11.7. The van der Waals surface area contributed by atoms with Crippen LogP contribution in [0.3, 0.4) is 0 Å². The molecule has 0 bridgehead atoms. The Morgan fingerprint density at radius 1 is 1.45 bits per heavy atom. The third-order valence-corrected chi connectivity index (χ3v) is 2.43. The molecule has 0 aliphatic carbocycles. The first-order valence-corrected chi connectivity index (χ1v) is 6.21. The van der Waals surface area contributed by atoms with Crippen molar-refractivity contribution >= 4 is 18.1 Å². The van der Waals surface area contributed by atoms with Crippen molar-refractivity contribution in [3.63, 3.8) is 0 Å². The van der Waals surface area contributed by atoms with Gasteiger partial charge in [-0.15, -0.1) is 0 Å². The van der Waals surface area contributed by atoms with E-state index in [4.69, 9.17) is 4.74 Å². The smallest absolute Gasteiger partial charge is 0.416 e. The summed E-state index contributed by atoms with van der Waals surface area (Å²) in [7, 11) is 0. The van der Waals surface area contributed by atoms with Gasteiger partial charge in [-0.05, 0) is 19.9 Å². The first kappa shape index (κ1) is 14.0. The van der Waals surface area contributed by atoms with Gasteiger partial charge < -0.3 is 9.47 Å². The lowest BCUT2D eigenvalue weighted by Gasteiger charge is -2.07. The van der Waals surface area contributed by atoms with Gasteiger partial charge in [0.25, 0.3) is 5.91 Å². The highest BCUT2D eigenvalue weighted by Gasteiger charge is 2.26. The molecule has 0 spiro atoms. The zero-order valence-corrected chi connectivity index (χ0v) is 11.3. The first-order chi connectivity index (χ1) is 9.56. The van der Waals surface area contributed by atoms with Gasteiger partial charge in [0.15, 0.2) is 0 Å². The van der Waals surface area contributed by atoms with Crippen molar-refractivity contribution in [1.29, 1.82) is 0 Å². The van der Waals surface area contributed by atoms with Gasteiger partial charge in [0.2, 0.25) is 0 Å². The fourth-order valence-corrected chi connectivity index (χ4v) is 1.54. The Hall–Kier alpha value is -2.44. The van der Waals surface area contributed by atoms with Gasteiger partial charge in [0.05, 0.1) is 12.6 Å². The standard InChI is InChI=1S/C13H15N3O4/c1-9(2)20-12-14-7-10(8-15-12)3-4-11(17)16-5-6-19-13(16)18/h3-4,7-9H,5-6H2,1-2H3. The second-order valence-electron chi connectivity index (χ2n) is 4.40. The summed E-state index contributed by atoms with van der Waals surface area (Å²) >= 11 is 0. The number of aromatic nitrogens is 2. The topological polar surface area (TPSA) is 81.6 Å². The minimum absolute atomic E-state index is 0.000788. The summed E-state index contributed by atoms with van der Waals surface area (Å²) in [5, 5.41) is 0. The van der Waals surface area contributed by atoms with Gasteiger partial charge in [-0.2, -0.15) is 0 Å². The molecule has 1 aromatic rings. The van der Waals surface area contributed by atoms with E-state index >= 15 is 0 Å². The Bertz CT molecular complexity index is 525. The van der Waals surface area contributed by atoms with Crippen molar-refractivity contribution in [2.24, 2.45) is 0 Å². The van der Waals surface area contributed by atoms with Crippen LogP contribution < -0.4 is 4.74 Å². The number of nitrogens with zero attached hydrogens (tertiary/aromatic N) is 3. The summed E-state index contributed by atoms with van der Waals surface area (Å²) in [6.45, 7) is 4.28. The molecular formula is C13H15N3O4. The van der Waals surface area contributed by atoms with E-state index in [-0.39, 0.29) is 25.3 Å². The second kappa shape index (κ2) is 6.14. The number of rotatable bonds is 4. The van der Waals surface area contributed by atoms with Gasteiger partial charge in [0.1, 0.15) is 6.61 Å². The molecule has 0 radical (unpaired) electrons. The maximum absolute atomic E-state index is 11.7. The zero-order valence-electron chi connectivity index (χ0n) is 11.3. The highest BCUT2D eigenvalue weighted by molar-refractivity contribution is 6.01. The molecule has 106 valence electrons. The molecule has 2 heterocycles. The van der Waals surface area contributed by atoms with Gasteiger partial charge in [0, 0.05) is 24.0 Å². The molecule has 0 saturated carbocycles. The number of carbonyl (C=O) groups is 2. The molecule has 1 aliphatic heterocycles. The van der Waals surface area contributed by atoms with E-state index in [1.165, 1.54) is 24.5 Å². The molecule has 1 saturated heterocycles. The van der Waals surface area contributed by atoms with Gasteiger partial charge in [-0.25, -0.2) is 19.7 Å². The molecule has 2 rings (SSSR count). The summed E-state index contributed by atoms with van der Waals surface area (Å²) in [5.74, 6) is -0.421. The van der Waals surface area contributed by atoms with Crippen molar-refractivity contribution < 1.29 is 19.1 Å². The molecule has 1 aliphatic rings. The normalized spacial score (nSPS) is 14.9. The number of carbonyl (C=O) groups excluding carboxylic acids is 2. The molecule has 7 nitrogen and oxygen atoms in total. The van der Waals surface area contributed by atoms with Crippen LogP contribution in [0.1, 0.15) is 19.4 Å². The van der Waals surface area contributed by atoms with Gasteiger partial charge in [-0.1, -0.05) is 0 Å². The number of imide groups is 1. The fraction of sp³-hybridized carbons (Fsp3) is 0.385. The number of hydrogen-bond acceptors (Lipinski definition) is 6. The van der Waals surface area contributed by atoms with E-state index in [1.807, 2.05) is 13.8 Å². The monoisotopic (exact) mass is 277 g/mol. The maximum Gasteiger partial charge on any atom is 0.416 e. The van der Waals surface area contributed by atoms with Crippen molar-refractivity contribution in [1.82, 2.24) is 14.9 Å². The molecular weight excluding hydrogens is 262 g/mol. The molecule has 0 atom stereocenters. The fourth-order valence-electron chi connectivity index (χ4n) is 1.54. The van der Waals surface area contributed by atoms with E-state index in [9.17, 15) is 9.59 Å². The first-order valence-electron chi connectivity index (χ1n) is 6.21. The summed E-state index contributed by atoms with van der Waals surface area (Å²) < 4.78 is 9.99. The lowest BCUT2D eigenvalue weighted by molar-refractivity contribution is -0.122. The molecule has 1 aromatic heterocycles. The highest BCUT2D eigenvalue weighted by atomic mass is 16.6. The van der Waals surface area contributed by atoms with Crippen LogP contribution in [0.15, 0.2) is 18.5 Å². The molecule has 1 fully saturated rings. The average molecular weight is 277 g/mol. The van der Waals surface area contributed by atoms with E-state index in [0.29, 0.717) is 5.56 Å². The number of ether oxygens (including phenoxy) is 2. The SMILES string of the molecule is CC(C)Oc1ncc(C=CC(=O)N2CCOC2=O)cn1. The summed E-state index contributed by atoms with van der Waals surface area (Å²) in [4.78, 5) is 31.9. The van der Waals surface area contributed by atoms with Crippen molar-refractivity contribution in [2.75, 3.05) is 13.2 Å². The van der Waals surface area contributed by atoms with E-state index in [2.05, 4.69) is 14.7 Å². The lowest BCUT2D eigenvalue weighted by Crippen LogP contribution is -2.29. The number of amides is 2. The Kier molecular flexibility index (Phi) is 4.29. The van der Waals surface area contributed by atoms with Crippen molar-refractivity contribution in [2.45, 2.75) is 20.0 Å². The number of hydrogen-bond donors (Lipinski definition) is 0. The zero-order chi connectivity index (χ0) is 14.5. The predicted molar refractivity (Wildman–Crippen MR) is 69.9 cm³/mol. The van der Waals surface area contributed by atoms with E-state index < -0.39 is 12.0 Å². The minimum Gasteiger partial charge on any atom is -0.461 e. The van der Waals surface area contributed by atoms with Crippen LogP contribution in [-0.2, 0) is 9.53 Å². The summed E-state index contributed by atoms with van der Waals surface area (Å²) in [6, 6.07) is 0.284. The van der Waals surface area contributed by atoms with Crippen LogP contribution in [0, 0.1) is 0 Å². The second-order valence-corrected chi connectivity index (χ2v) is 4.40. The van der Waals surface area contributed by atoms with E-state index in [1.54, 1.807) is 0 Å². The van der Waals surface area contributed by atoms with Crippen LogP contribution in [0.2, 0.25) is 0 Å².